The van der Waals surface area contributed by atoms with E-state index in [1.807, 2.05) is 0 Å². The summed E-state index contributed by atoms with van der Waals surface area (Å²) in [5.74, 6) is 0. The molecule has 0 amide bonds. The summed E-state index contributed by atoms with van der Waals surface area (Å²) in [6.07, 6.45) is 3.50. The van der Waals surface area contributed by atoms with Crippen molar-refractivity contribution >= 4 is 21.4 Å². The van der Waals surface area contributed by atoms with Crippen LogP contribution >= 0.6 is 0 Å². The molecular weight excluding hydrogens is 264 g/mol. The quantitative estimate of drug-likeness (QED) is 0.720. The highest BCUT2D eigenvalue weighted by molar-refractivity contribution is 7.89. The van der Waals surface area contributed by atoms with E-state index in [1.165, 1.54) is 12.5 Å². The first-order valence-corrected chi connectivity index (χ1v) is 7.87. The minimum absolute atomic E-state index is 0.0759. The van der Waals surface area contributed by atoms with Crippen LogP contribution in [0, 0.1) is 6.92 Å². The van der Waals surface area contributed by atoms with Crippen LogP contribution in [0.5, 0.6) is 0 Å². The fourth-order valence-corrected chi connectivity index (χ4v) is 3.13. The molecule has 1 saturated heterocycles. The lowest BCUT2D eigenvalue weighted by molar-refractivity contribution is 0.273. The maximum absolute atomic E-state index is 11.5. The maximum Gasteiger partial charge on any atom is 0.238 e. The van der Waals surface area contributed by atoms with E-state index in [0.29, 0.717) is 16.9 Å². The smallest absolute Gasteiger partial charge is 0.238 e. The first kappa shape index (κ1) is 14.1. The van der Waals surface area contributed by atoms with Crippen LogP contribution < -0.4 is 16.3 Å². The predicted octanol–water partition coefficient (Wildman–Crippen LogP) is 1.04. The van der Waals surface area contributed by atoms with Gasteiger partial charge in [-0.2, -0.15) is 0 Å². The van der Waals surface area contributed by atoms with Gasteiger partial charge in [0, 0.05) is 18.8 Å². The third-order valence-electron chi connectivity index (χ3n) is 3.32. The topological polar surface area (TPSA) is 101 Å². The molecular formula is C12H20N4O2S. The van der Waals surface area contributed by atoms with Crippen LogP contribution in [0.25, 0.3) is 0 Å². The average Bonchev–Trinajstić information content (AvgIpc) is 2.33. The van der Waals surface area contributed by atoms with Gasteiger partial charge >= 0.3 is 0 Å². The van der Waals surface area contributed by atoms with Crippen LogP contribution in [-0.2, 0) is 10.0 Å². The molecule has 7 heteroatoms. The molecule has 1 fully saturated rings. The second-order valence-electron chi connectivity index (χ2n) is 4.90. The number of rotatable bonds is 3. The van der Waals surface area contributed by atoms with Crippen LogP contribution in [0.15, 0.2) is 17.0 Å². The monoisotopic (exact) mass is 284 g/mol. The van der Waals surface area contributed by atoms with Crippen LogP contribution in [0.4, 0.5) is 11.4 Å². The van der Waals surface area contributed by atoms with Crippen molar-refractivity contribution in [3.8, 4) is 0 Å². The number of benzene rings is 1. The zero-order valence-corrected chi connectivity index (χ0v) is 11.8. The second kappa shape index (κ2) is 5.36. The first-order valence-electron chi connectivity index (χ1n) is 6.32. The Morgan fingerprint density at radius 1 is 1.21 bits per heavy atom. The molecule has 1 aliphatic heterocycles. The number of nitrogens with two attached hydrogens (primary N) is 2. The predicted molar refractivity (Wildman–Crippen MR) is 76.0 cm³/mol. The molecule has 1 aromatic carbocycles. The van der Waals surface area contributed by atoms with Crippen molar-refractivity contribution < 1.29 is 8.42 Å². The van der Waals surface area contributed by atoms with Gasteiger partial charge in [0.05, 0.1) is 10.6 Å². The molecule has 2 rings (SSSR count). The molecule has 0 radical (unpaired) electrons. The van der Waals surface area contributed by atoms with E-state index < -0.39 is 10.0 Å². The summed E-state index contributed by atoms with van der Waals surface area (Å²) in [4.78, 5) is 0.0759. The highest BCUT2D eigenvalue weighted by atomic mass is 32.2. The minimum Gasteiger partial charge on any atom is -0.399 e. The molecule has 0 bridgehead atoms. The number of anilines is 2. The fourth-order valence-electron chi connectivity index (χ4n) is 2.30. The molecule has 0 aliphatic carbocycles. The van der Waals surface area contributed by atoms with E-state index in [4.69, 9.17) is 10.9 Å². The van der Waals surface area contributed by atoms with Gasteiger partial charge in [-0.3, -0.25) is 0 Å². The molecule has 5 N–H and O–H groups in total. The van der Waals surface area contributed by atoms with Crippen molar-refractivity contribution in [3.05, 3.63) is 17.7 Å². The first-order chi connectivity index (χ1) is 8.88. The number of piperidine rings is 1. The maximum atomic E-state index is 11.5. The van der Waals surface area contributed by atoms with Gasteiger partial charge in [0.15, 0.2) is 0 Å². The number of nitrogen functional groups attached to an aromatic ring is 1. The van der Waals surface area contributed by atoms with E-state index in [2.05, 4.69) is 10.4 Å². The van der Waals surface area contributed by atoms with E-state index in [1.54, 1.807) is 13.0 Å². The number of hydrogen-bond acceptors (Lipinski definition) is 5. The van der Waals surface area contributed by atoms with Gasteiger partial charge < -0.3 is 11.2 Å². The lowest BCUT2D eigenvalue weighted by Gasteiger charge is -2.29. The second-order valence-corrected chi connectivity index (χ2v) is 6.43. The van der Waals surface area contributed by atoms with Crippen molar-refractivity contribution in [2.75, 3.05) is 24.2 Å². The van der Waals surface area contributed by atoms with Crippen LogP contribution in [0.2, 0.25) is 0 Å². The number of primary sulfonamides is 1. The number of nitrogens with zero attached hydrogens (tertiary/aromatic N) is 1. The number of nitrogens with one attached hydrogen (secondary N) is 1. The normalized spacial score (nSPS) is 17.4. The van der Waals surface area contributed by atoms with Crippen molar-refractivity contribution in [1.82, 2.24) is 5.01 Å². The Kier molecular flexibility index (Phi) is 3.98. The summed E-state index contributed by atoms with van der Waals surface area (Å²) in [7, 11) is -3.76. The summed E-state index contributed by atoms with van der Waals surface area (Å²) in [6.45, 7) is 3.61. The van der Waals surface area contributed by atoms with E-state index in [0.717, 1.165) is 25.9 Å². The lowest BCUT2D eigenvalue weighted by atomic mass is 10.1. The Morgan fingerprint density at radius 3 is 2.42 bits per heavy atom. The highest BCUT2D eigenvalue weighted by Crippen LogP contribution is 2.27. The van der Waals surface area contributed by atoms with Gasteiger partial charge in [0.2, 0.25) is 10.0 Å². The number of hydrazine groups is 1. The van der Waals surface area contributed by atoms with E-state index in [9.17, 15) is 8.42 Å². The summed E-state index contributed by atoms with van der Waals surface area (Å²) in [5.41, 5.74) is 10.7. The molecule has 6 nitrogen and oxygen atoms in total. The van der Waals surface area contributed by atoms with Crippen molar-refractivity contribution in [2.45, 2.75) is 31.1 Å². The molecule has 0 spiro atoms. The number of hydrogen-bond donors (Lipinski definition) is 3. The summed E-state index contributed by atoms with van der Waals surface area (Å²) < 4.78 is 23.1. The molecule has 0 aromatic heterocycles. The summed E-state index contributed by atoms with van der Waals surface area (Å²) in [5, 5.41) is 7.29. The van der Waals surface area contributed by atoms with Gasteiger partial charge in [0.25, 0.3) is 0 Å². The molecule has 1 aliphatic rings. The Hall–Kier alpha value is -1.31. The van der Waals surface area contributed by atoms with E-state index >= 15 is 0 Å². The SMILES string of the molecule is Cc1c(NN2CCCCC2)cc(N)cc1S(N)(=O)=O. The third-order valence-corrected chi connectivity index (χ3v) is 4.36. The van der Waals surface area contributed by atoms with Gasteiger partial charge in [0.1, 0.15) is 0 Å². The van der Waals surface area contributed by atoms with Gasteiger partial charge in [-0.25, -0.2) is 18.6 Å². The average molecular weight is 284 g/mol. The Balaban J connectivity index is 2.32. The summed E-state index contributed by atoms with van der Waals surface area (Å²) in [6, 6.07) is 3.13. The van der Waals surface area contributed by atoms with Crippen molar-refractivity contribution in [1.29, 1.82) is 0 Å². The molecule has 0 atom stereocenters. The fraction of sp³-hybridized carbons (Fsp3) is 0.500. The highest BCUT2D eigenvalue weighted by Gasteiger charge is 2.17. The molecule has 1 aromatic rings. The standard InChI is InChI=1S/C12H20N4O2S/c1-9-11(15-16-5-3-2-4-6-16)7-10(13)8-12(9)19(14,17)18/h7-8,15H,2-6,13H2,1H3,(H2,14,17,18). The Morgan fingerprint density at radius 2 is 1.84 bits per heavy atom. The summed E-state index contributed by atoms with van der Waals surface area (Å²) >= 11 is 0. The third kappa shape index (κ3) is 3.37. The van der Waals surface area contributed by atoms with Gasteiger partial charge in [-0.05, 0) is 37.5 Å². The number of sulfonamides is 1. The molecule has 106 valence electrons. The van der Waals surface area contributed by atoms with Crippen LogP contribution in [-0.4, -0.2) is 26.5 Å². The zero-order chi connectivity index (χ0) is 14.0. The molecule has 0 saturated carbocycles. The van der Waals surface area contributed by atoms with Gasteiger partial charge in [-0.15, -0.1) is 0 Å². The van der Waals surface area contributed by atoms with Crippen LogP contribution in [0.3, 0.4) is 0 Å². The zero-order valence-electron chi connectivity index (χ0n) is 11.0. The largest absolute Gasteiger partial charge is 0.399 e. The molecule has 1 heterocycles. The lowest BCUT2D eigenvalue weighted by Crippen LogP contribution is -2.35. The van der Waals surface area contributed by atoms with Crippen LogP contribution in [0.1, 0.15) is 24.8 Å². The van der Waals surface area contributed by atoms with Crippen molar-refractivity contribution in [3.63, 3.8) is 0 Å². The van der Waals surface area contributed by atoms with Crippen molar-refractivity contribution in [2.24, 2.45) is 5.14 Å². The Labute approximate surface area is 113 Å². The Bertz CT molecular complexity index is 565. The minimum atomic E-state index is -3.76. The van der Waals surface area contributed by atoms with E-state index in [-0.39, 0.29) is 4.90 Å². The van der Waals surface area contributed by atoms with Gasteiger partial charge in [-0.1, -0.05) is 6.42 Å². The molecule has 0 unspecified atom stereocenters. The molecule has 19 heavy (non-hydrogen) atoms.